The fourth-order valence-electron chi connectivity index (χ4n) is 1.93. The molecule has 1 unspecified atom stereocenters. The minimum Gasteiger partial charge on any atom is -0.480 e. The molecule has 0 saturated carbocycles. The lowest BCUT2D eigenvalue weighted by Crippen LogP contribution is -2.15. The van der Waals surface area contributed by atoms with Gasteiger partial charge in [0.25, 0.3) is 5.56 Å². The molecule has 0 amide bonds. The number of carbonyl (C=O) groups is 1. The normalized spacial score (nSPS) is 12.4. The standard InChI is InChI=1S/C14H12N4O3S/c1-8(13(20)21)22-14-16-11-10(12(19)17-14)7-15-18(11)9-5-3-2-4-6-9/h2-8H,1H3,(H,20,21)(H,16,17,19). The number of aliphatic carboxylic acids is 1. The second-order valence-corrected chi connectivity index (χ2v) is 5.93. The summed E-state index contributed by atoms with van der Waals surface area (Å²) in [7, 11) is 0. The van der Waals surface area contributed by atoms with Crippen molar-refractivity contribution in [2.24, 2.45) is 0 Å². The van der Waals surface area contributed by atoms with E-state index < -0.39 is 11.2 Å². The van der Waals surface area contributed by atoms with Gasteiger partial charge in [0.15, 0.2) is 10.8 Å². The van der Waals surface area contributed by atoms with E-state index in [1.54, 1.807) is 4.68 Å². The fourth-order valence-corrected chi connectivity index (χ4v) is 2.66. The Morgan fingerprint density at radius 2 is 2.09 bits per heavy atom. The Morgan fingerprint density at radius 3 is 2.77 bits per heavy atom. The zero-order valence-corrected chi connectivity index (χ0v) is 12.4. The molecular formula is C14H12N4O3S. The van der Waals surface area contributed by atoms with Gasteiger partial charge in [0.05, 0.1) is 11.9 Å². The van der Waals surface area contributed by atoms with E-state index >= 15 is 0 Å². The quantitative estimate of drug-likeness (QED) is 0.561. The molecular weight excluding hydrogens is 304 g/mol. The highest BCUT2D eigenvalue weighted by Crippen LogP contribution is 2.21. The van der Waals surface area contributed by atoms with Crippen LogP contribution >= 0.6 is 11.8 Å². The number of carboxylic acid groups (broad SMARTS) is 1. The van der Waals surface area contributed by atoms with E-state index in [1.165, 1.54) is 13.1 Å². The van der Waals surface area contributed by atoms with Gasteiger partial charge in [-0.25, -0.2) is 9.67 Å². The number of H-pyrrole nitrogens is 1. The van der Waals surface area contributed by atoms with Crippen molar-refractivity contribution in [3.8, 4) is 5.69 Å². The maximum Gasteiger partial charge on any atom is 0.316 e. The van der Waals surface area contributed by atoms with E-state index in [1.807, 2.05) is 30.3 Å². The van der Waals surface area contributed by atoms with Crippen LogP contribution in [0.1, 0.15) is 6.92 Å². The van der Waals surface area contributed by atoms with Crippen LogP contribution in [-0.2, 0) is 4.79 Å². The van der Waals surface area contributed by atoms with Crippen molar-refractivity contribution < 1.29 is 9.90 Å². The molecule has 2 N–H and O–H groups in total. The van der Waals surface area contributed by atoms with Crippen molar-refractivity contribution in [3.05, 3.63) is 46.9 Å². The maximum absolute atomic E-state index is 12.1. The monoisotopic (exact) mass is 316 g/mol. The fraction of sp³-hybridized carbons (Fsp3) is 0.143. The van der Waals surface area contributed by atoms with Crippen LogP contribution < -0.4 is 5.56 Å². The number of thioether (sulfide) groups is 1. The Balaban J connectivity index is 2.12. The first-order valence-electron chi connectivity index (χ1n) is 6.49. The molecule has 1 atom stereocenters. The zero-order chi connectivity index (χ0) is 15.7. The summed E-state index contributed by atoms with van der Waals surface area (Å²) in [6.45, 7) is 1.53. The molecule has 2 heterocycles. The summed E-state index contributed by atoms with van der Waals surface area (Å²) in [6.07, 6.45) is 1.45. The molecule has 0 radical (unpaired) electrons. The summed E-state index contributed by atoms with van der Waals surface area (Å²) < 4.78 is 1.56. The maximum atomic E-state index is 12.1. The summed E-state index contributed by atoms with van der Waals surface area (Å²) in [5.74, 6) is -0.968. The molecule has 8 heteroatoms. The first-order valence-corrected chi connectivity index (χ1v) is 7.37. The van der Waals surface area contributed by atoms with Crippen LogP contribution in [0.15, 0.2) is 46.5 Å². The van der Waals surface area contributed by atoms with E-state index in [0.717, 1.165) is 17.4 Å². The molecule has 1 aromatic carbocycles. The Morgan fingerprint density at radius 1 is 1.36 bits per heavy atom. The third-order valence-electron chi connectivity index (χ3n) is 3.05. The van der Waals surface area contributed by atoms with Gasteiger partial charge >= 0.3 is 5.97 Å². The van der Waals surface area contributed by atoms with Gasteiger partial charge < -0.3 is 10.1 Å². The van der Waals surface area contributed by atoms with Crippen molar-refractivity contribution in [1.29, 1.82) is 0 Å². The highest BCUT2D eigenvalue weighted by atomic mass is 32.2. The van der Waals surface area contributed by atoms with E-state index in [4.69, 9.17) is 5.11 Å². The topological polar surface area (TPSA) is 101 Å². The average Bonchev–Trinajstić information content (AvgIpc) is 2.92. The van der Waals surface area contributed by atoms with Crippen LogP contribution in [0.4, 0.5) is 0 Å². The summed E-state index contributed by atoms with van der Waals surface area (Å²) >= 11 is 0.981. The molecule has 0 aliphatic heterocycles. The van der Waals surface area contributed by atoms with Crippen LogP contribution in [0.25, 0.3) is 16.7 Å². The minimum atomic E-state index is -0.968. The number of hydrogen-bond acceptors (Lipinski definition) is 5. The highest BCUT2D eigenvalue weighted by molar-refractivity contribution is 8.00. The SMILES string of the molecule is CC(Sc1nc2c(cnn2-c2ccccc2)c(=O)[nH]1)C(=O)O. The number of aromatic nitrogens is 4. The van der Waals surface area contributed by atoms with Gasteiger partial charge in [-0.1, -0.05) is 30.0 Å². The van der Waals surface area contributed by atoms with Crippen LogP contribution in [0.2, 0.25) is 0 Å². The zero-order valence-electron chi connectivity index (χ0n) is 11.6. The van der Waals surface area contributed by atoms with Crippen LogP contribution in [0, 0.1) is 0 Å². The van der Waals surface area contributed by atoms with Gasteiger partial charge in [-0.05, 0) is 19.1 Å². The van der Waals surface area contributed by atoms with E-state index in [9.17, 15) is 9.59 Å². The molecule has 0 saturated heterocycles. The van der Waals surface area contributed by atoms with Gasteiger partial charge in [-0.3, -0.25) is 9.59 Å². The number of benzene rings is 1. The molecule has 0 aliphatic carbocycles. The molecule has 0 fully saturated rings. The Hall–Kier alpha value is -2.61. The van der Waals surface area contributed by atoms with Crippen molar-refractivity contribution in [3.63, 3.8) is 0 Å². The van der Waals surface area contributed by atoms with Gasteiger partial charge in [-0.2, -0.15) is 5.10 Å². The Kier molecular flexibility index (Phi) is 3.68. The molecule has 0 spiro atoms. The Labute approximate surface area is 129 Å². The van der Waals surface area contributed by atoms with Crippen LogP contribution in [0.5, 0.6) is 0 Å². The third kappa shape index (κ3) is 2.60. The van der Waals surface area contributed by atoms with Gasteiger partial charge in [0.2, 0.25) is 0 Å². The lowest BCUT2D eigenvalue weighted by atomic mass is 10.3. The number of rotatable bonds is 4. The molecule has 3 aromatic rings. The number of hydrogen-bond donors (Lipinski definition) is 2. The number of nitrogens with zero attached hydrogens (tertiary/aromatic N) is 3. The number of fused-ring (bicyclic) bond motifs is 1. The largest absolute Gasteiger partial charge is 0.480 e. The van der Waals surface area contributed by atoms with Gasteiger partial charge in [-0.15, -0.1) is 0 Å². The number of nitrogens with one attached hydrogen (secondary N) is 1. The van der Waals surface area contributed by atoms with Crippen molar-refractivity contribution in [1.82, 2.24) is 19.7 Å². The van der Waals surface area contributed by atoms with Crippen molar-refractivity contribution in [2.75, 3.05) is 0 Å². The molecule has 3 rings (SSSR count). The summed E-state index contributed by atoms with van der Waals surface area (Å²) in [5, 5.41) is 13.0. The van der Waals surface area contributed by atoms with Crippen LogP contribution in [-0.4, -0.2) is 36.1 Å². The first kappa shape index (κ1) is 14.3. The average molecular weight is 316 g/mol. The number of aromatic amines is 1. The lowest BCUT2D eigenvalue weighted by molar-refractivity contribution is -0.136. The second kappa shape index (κ2) is 5.64. The molecule has 7 nitrogen and oxygen atoms in total. The molecule has 112 valence electrons. The summed E-state index contributed by atoms with van der Waals surface area (Å²) in [4.78, 5) is 29.9. The Bertz CT molecular complexity index is 888. The van der Waals surface area contributed by atoms with Crippen molar-refractivity contribution in [2.45, 2.75) is 17.3 Å². The minimum absolute atomic E-state index is 0.255. The molecule has 0 aliphatic rings. The van der Waals surface area contributed by atoms with E-state index in [0.29, 0.717) is 11.0 Å². The van der Waals surface area contributed by atoms with Gasteiger partial charge in [0.1, 0.15) is 10.6 Å². The van der Waals surface area contributed by atoms with E-state index in [-0.39, 0.29) is 10.7 Å². The second-order valence-electron chi connectivity index (χ2n) is 4.60. The molecule has 0 bridgehead atoms. The highest BCUT2D eigenvalue weighted by Gasteiger charge is 2.17. The summed E-state index contributed by atoms with van der Waals surface area (Å²) in [5.41, 5.74) is 0.833. The van der Waals surface area contributed by atoms with Gasteiger partial charge in [0, 0.05) is 0 Å². The first-order chi connectivity index (χ1) is 10.6. The third-order valence-corrected chi connectivity index (χ3v) is 4.03. The van der Waals surface area contributed by atoms with Crippen LogP contribution in [0.3, 0.4) is 0 Å². The molecule has 22 heavy (non-hydrogen) atoms. The molecule has 2 aromatic heterocycles. The lowest BCUT2D eigenvalue weighted by Gasteiger charge is -2.06. The predicted molar refractivity (Wildman–Crippen MR) is 82.4 cm³/mol. The van der Waals surface area contributed by atoms with Crippen molar-refractivity contribution >= 4 is 28.8 Å². The predicted octanol–water partition coefficient (Wildman–Crippen LogP) is 1.67. The number of para-hydroxylation sites is 1. The summed E-state index contributed by atoms with van der Waals surface area (Å²) in [6, 6.07) is 9.30. The number of carboxylic acids is 1. The van der Waals surface area contributed by atoms with E-state index in [2.05, 4.69) is 15.1 Å². The smallest absolute Gasteiger partial charge is 0.316 e.